The van der Waals surface area contributed by atoms with Gasteiger partial charge in [0, 0.05) is 24.4 Å². The molecule has 29 heavy (non-hydrogen) atoms. The molecule has 1 aromatic rings. The molecule has 4 aliphatic rings. The molecule has 2 heterocycles. The Balaban J connectivity index is 1.14. The molecule has 8 heteroatoms. The first kappa shape index (κ1) is 18.8. The van der Waals surface area contributed by atoms with Crippen LogP contribution in [0.15, 0.2) is 24.3 Å². The molecule has 0 unspecified atom stereocenters. The van der Waals surface area contributed by atoms with Crippen LogP contribution in [0.3, 0.4) is 0 Å². The molecule has 0 bridgehead atoms. The standard InChI is InChI=1S/C21H23F3N2O3/c22-21(23,24)16-3-1-13(2-4-16)14-5-6-19(7-14)10-26(11-19)17(27)15-8-20(9-15)12-29-18(28)25-20/h1-4,14-15H,5-12H2,(H,25,28)/t14-,15?,20?/m1/s1. The highest BCUT2D eigenvalue weighted by atomic mass is 19.4. The summed E-state index contributed by atoms with van der Waals surface area (Å²) in [5, 5.41) is 2.81. The molecular weight excluding hydrogens is 385 g/mol. The number of cyclic esters (lactones) is 1. The smallest absolute Gasteiger partial charge is 0.416 e. The number of nitrogens with zero attached hydrogens (tertiary/aromatic N) is 1. The van der Waals surface area contributed by atoms with Gasteiger partial charge in [-0.05, 0) is 55.7 Å². The lowest BCUT2D eigenvalue weighted by atomic mass is 9.67. The molecule has 5 nitrogen and oxygen atoms in total. The maximum absolute atomic E-state index is 12.8. The molecule has 2 aliphatic carbocycles. The molecule has 156 valence electrons. The van der Waals surface area contributed by atoms with Gasteiger partial charge in [-0.25, -0.2) is 4.79 Å². The lowest BCUT2D eigenvalue weighted by Crippen LogP contribution is -2.63. The second kappa shape index (κ2) is 6.12. The first-order chi connectivity index (χ1) is 13.7. The minimum absolute atomic E-state index is 0.0542. The first-order valence-corrected chi connectivity index (χ1v) is 10.1. The van der Waals surface area contributed by atoms with E-state index in [0.717, 1.165) is 50.0 Å². The largest absolute Gasteiger partial charge is 0.447 e. The third-order valence-electron chi connectivity index (χ3n) is 7.25. The minimum Gasteiger partial charge on any atom is -0.447 e. The molecule has 2 aliphatic heterocycles. The lowest BCUT2D eigenvalue weighted by molar-refractivity contribution is -0.153. The van der Waals surface area contributed by atoms with E-state index in [-0.39, 0.29) is 28.7 Å². The van der Waals surface area contributed by atoms with E-state index < -0.39 is 17.8 Å². The van der Waals surface area contributed by atoms with Crippen LogP contribution in [0.25, 0.3) is 0 Å². The number of likely N-dealkylation sites (tertiary alicyclic amines) is 1. The molecule has 2 spiro atoms. The summed E-state index contributed by atoms with van der Waals surface area (Å²) in [5.41, 5.74) is 0.102. The van der Waals surface area contributed by atoms with Gasteiger partial charge in [0.2, 0.25) is 5.91 Å². The van der Waals surface area contributed by atoms with Crippen LogP contribution in [0.1, 0.15) is 49.1 Å². The van der Waals surface area contributed by atoms with Gasteiger partial charge < -0.3 is 15.0 Å². The van der Waals surface area contributed by atoms with Crippen LogP contribution in [0.5, 0.6) is 0 Å². The molecular formula is C21H23F3N2O3. The molecule has 1 atom stereocenters. The number of hydrogen-bond donors (Lipinski definition) is 1. The van der Waals surface area contributed by atoms with Gasteiger partial charge in [-0.1, -0.05) is 12.1 Å². The van der Waals surface area contributed by atoms with Crippen molar-refractivity contribution in [3.8, 4) is 0 Å². The molecule has 5 rings (SSSR count). The first-order valence-electron chi connectivity index (χ1n) is 10.1. The predicted molar refractivity (Wildman–Crippen MR) is 97.0 cm³/mol. The van der Waals surface area contributed by atoms with Crippen LogP contribution in [-0.2, 0) is 15.7 Å². The Hall–Kier alpha value is -2.25. The van der Waals surface area contributed by atoms with E-state index in [2.05, 4.69) is 5.32 Å². The van der Waals surface area contributed by atoms with Crippen molar-refractivity contribution in [2.75, 3.05) is 19.7 Å². The highest BCUT2D eigenvalue weighted by molar-refractivity contribution is 5.82. The Bertz CT molecular complexity index is 840. The molecule has 0 aromatic heterocycles. The second-order valence-corrected chi connectivity index (χ2v) is 9.34. The summed E-state index contributed by atoms with van der Waals surface area (Å²) >= 11 is 0. The zero-order valence-corrected chi connectivity index (χ0v) is 15.9. The Morgan fingerprint density at radius 2 is 1.83 bits per heavy atom. The molecule has 2 saturated heterocycles. The van der Waals surface area contributed by atoms with Crippen LogP contribution in [-0.4, -0.2) is 42.1 Å². The lowest BCUT2D eigenvalue weighted by Gasteiger charge is -2.52. The monoisotopic (exact) mass is 408 g/mol. The molecule has 2 amide bonds. The third-order valence-corrected chi connectivity index (χ3v) is 7.25. The fraction of sp³-hybridized carbons (Fsp3) is 0.619. The molecule has 0 radical (unpaired) electrons. The molecule has 1 N–H and O–H groups in total. The van der Waals surface area contributed by atoms with E-state index in [9.17, 15) is 22.8 Å². The topological polar surface area (TPSA) is 58.6 Å². The van der Waals surface area contributed by atoms with Crippen molar-refractivity contribution < 1.29 is 27.5 Å². The Labute approximate surface area is 166 Å². The zero-order chi connectivity index (χ0) is 20.4. The van der Waals surface area contributed by atoms with Crippen molar-refractivity contribution in [1.82, 2.24) is 10.2 Å². The van der Waals surface area contributed by atoms with Crippen LogP contribution in [0.2, 0.25) is 0 Å². The van der Waals surface area contributed by atoms with Crippen LogP contribution >= 0.6 is 0 Å². The van der Waals surface area contributed by atoms with Crippen molar-refractivity contribution in [2.45, 2.75) is 49.7 Å². The quantitative estimate of drug-likeness (QED) is 0.812. The van der Waals surface area contributed by atoms with E-state index in [4.69, 9.17) is 4.74 Å². The van der Waals surface area contributed by atoms with Gasteiger partial charge in [0.15, 0.2) is 0 Å². The van der Waals surface area contributed by atoms with Gasteiger partial charge in [-0.2, -0.15) is 13.2 Å². The van der Waals surface area contributed by atoms with Gasteiger partial charge in [0.25, 0.3) is 0 Å². The van der Waals surface area contributed by atoms with E-state index in [1.165, 1.54) is 0 Å². The van der Waals surface area contributed by atoms with Gasteiger partial charge >= 0.3 is 12.3 Å². The van der Waals surface area contributed by atoms with Crippen molar-refractivity contribution in [3.05, 3.63) is 35.4 Å². The number of alkyl carbamates (subject to hydrolysis) is 1. The summed E-state index contributed by atoms with van der Waals surface area (Å²) in [7, 11) is 0. The predicted octanol–water partition coefficient (Wildman–Crippen LogP) is 3.69. The van der Waals surface area contributed by atoms with Crippen molar-refractivity contribution in [2.24, 2.45) is 11.3 Å². The van der Waals surface area contributed by atoms with Gasteiger partial charge in [-0.3, -0.25) is 4.79 Å². The maximum Gasteiger partial charge on any atom is 0.416 e. The Morgan fingerprint density at radius 1 is 1.14 bits per heavy atom. The summed E-state index contributed by atoms with van der Waals surface area (Å²) in [5.74, 6) is 0.356. The van der Waals surface area contributed by atoms with Gasteiger partial charge in [-0.15, -0.1) is 0 Å². The summed E-state index contributed by atoms with van der Waals surface area (Å²) in [6.07, 6.45) is -0.577. The number of nitrogens with one attached hydrogen (secondary N) is 1. The van der Waals surface area contributed by atoms with Crippen LogP contribution in [0, 0.1) is 11.3 Å². The normalized spacial score (nSPS) is 32.7. The third kappa shape index (κ3) is 3.16. The molecule has 4 fully saturated rings. The summed E-state index contributed by atoms with van der Waals surface area (Å²) in [4.78, 5) is 25.9. The highest BCUT2D eigenvalue weighted by Gasteiger charge is 2.56. The minimum atomic E-state index is -4.31. The van der Waals surface area contributed by atoms with Gasteiger partial charge in [0.05, 0.1) is 11.1 Å². The Morgan fingerprint density at radius 3 is 2.41 bits per heavy atom. The van der Waals surface area contributed by atoms with Crippen molar-refractivity contribution in [3.63, 3.8) is 0 Å². The summed E-state index contributed by atoms with van der Waals surface area (Å²) in [6.45, 7) is 1.80. The molecule has 1 aromatic carbocycles. The SMILES string of the molecule is O=C1NC2(CO1)CC(C(=O)N1CC3(CC[C@@H](c4ccc(C(F)(F)F)cc4)C3)C1)C2. The number of benzene rings is 1. The number of rotatable bonds is 2. The van der Waals surface area contributed by atoms with Crippen molar-refractivity contribution >= 4 is 12.0 Å². The summed E-state index contributed by atoms with van der Waals surface area (Å²) < 4.78 is 43.2. The number of carbonyl (C=O) groups is 2. The van der Waals surface area contributed by atoms with Crippen molar-refractivity contribution in [1.29, 1.82) is 0 Å². The van der Waals surface area contributed by atoms with E-state index in [1.54, 1.807) is 12.1 Å². The fourth-order valence-corrected chi connectivity index (χ4v) is 5.67. The zero-order valence-electron chi connectivity index (χ0n) is 15.9. The van der Waals surface area contributed by atoms with E-state index in [0.29, 0.717) is 19.4 Å². The van der Waals surface area contributed by atoms with Crippen LogP contribution in [0.4, 0.5) is 18.0 Å². The number of halogens is 3. The number of amides is 2. The van der Waals surface area contributed by atoms with E-state index >= 15 is 0 Å². The molecule has 2 saturated carbocycles. The second-order valence-electron chi connectivity index (χ2n) is 9.34. The fourth-order valence-electron chi connectivity index (χ4n) is 5.67. The number of alkyl halides is 3. The average Bonchev–Trinajstić information content (AvgIpc) is 3.22. The van der Waals surface area contributed by atoms with Crippen LogP contribution < -0.4 is 5.32 Å². The number of hydrogen-bond acceptors (Lipinski definition) is 3. The number of carbonyl (C=O) groups excluding carboxylic acids is 2. The maximum atomic E-state index is 12.8. The highest BCUT2D eigenvalue weighted by Crippen LogP contribution is 2.53. The average molecular weight is 408 g/mol. The van der Waals surface area contributed by atoms with Gasteiger partial charge in [0.1, 0.15) is 6.61 Å². The summed E-state index contributed by atoms with van der Waals surface area (Å²) in [6, 6.07) is 5.52. The Kier molecular flexibility index (Phi) is 3.96. The van der Waals surface area contributed by atoms with E-state index in [1.807, 2.05) is 4.90 Å². The number of ether oxygens (including phenoxy) is 1.